The SMILES string of the molecule is CCNC(=NCc1cc2c(cc1OC(F)F)OCO2)NCc1ccccc1COC. The van der Waals surface area contributed by atoms with Crippen molar-refractivity contribution >= 4 is 5.96 Å². The smallest absolute Gasteiger partial charge is 0.387 e. The van der Waals surface area contributed by atoms with Crippen molar-refractivity contribution < 1.29 is 27.7 Å². The number of aliphatic imine (C=N–C) groups is 1. The molecule has 0 saturated heterocycles. The van der Waals surface area contributed by atoms with Crippen LogP contribution in [0.3, 0.4) is 0 Å². The molecule has 0 saturated carbocycles. The van der Waals surface area contributed by atoms with Crippen LogP contribution in [-0.4, -0.2) is 33.0 Å². The number of benzene rings is 2. The van der Waals surface area contributed by atoms with Gasteiger partial charge in [0.25, 0.3) is 0 Å². The second kappa shape index (κ2) is 10.6. The minimum atomic E-state index is -2.95. The Kier molecular flexibility index (Phi) is 7.67. The molecule has 0 aliphatic carbocycles. The van der Waals surface area contributed by atoms with Crippen molar-refractivity contribution in [3.8, 4) is 17.2 Å². The number of hydrogen-bond donors (Lipinski definition) is 2. The number of rotatable bonds is 9. The molecule has 1 aliphatic heterocycles. The Morgan fingerprint density at radius 3 is 2.53 bits per heavy atom. The van der Waals surface area contributed by atoms with Crippen molar-refractivity contribution in [3.05, 3.63) is 53.1 Å². The highest BCUT2D eigenvalue weighted by molar-refractivity contribution is 5.79. The standard InChI is InChI=1S/C21H25F2N3O4/c1-3-24-21(25-10-14-6-4-5-7-15(14)12-27-2)26-11-16-8-18-19(29-13-28-18)9-17(16)30-20(22)23/h4-9,20H,3,10-13H2,1-2H3,(H2,24,25,26). The molecule has 0 aromatic heterocycles. The lowest BCUT2D eigenvalue weighted by atomic mass is 10.1. The number of methoxy groups -OCH3 is 1. The van der Waals surface area contributed by atoms with Gasteiger partial charge in [-0.2, -0.15) is 8.78 Å². The lowest BCUT2D eigenvalue weighted by Gasteiger charge is -2.15. The molecule has 0 unspecified atom stereocenters. The number of nitrogens with zero attached hydrogens (tertiary/aromatic N) is 1. The fourth-order valence-electron chi connectivity index (χ4n) is 3.01. The molecule has 1 aliphatic rings. The summed E-state index contributed by atoms with van der Waals surface area (Å²) in [5, 5.41) is 6.41. The van der Waals surface area contributed by atoms with Crippen molar-refractivity contribution in [1.29, 1.82) is 0 Å². The molecule has 0 spiro atoms. The van der Waals surface area contributed by atoms with Gasteiger partial charge < -0.3 is 29.6 Å². The first-order valence-corrected chi connectivity index (χ1v) is 9.56. The molecule has 0 amide bonds. The van der Waals surface area contributed by atoms with E-state index in [2.05, 4.69) is 20.4 Å². The summed E-state index contributed by atoms with van der Waals surface area (Å²) in [4.78, 5) is 4.51. The first-order chi connectivity index (χ1) is 14.6. The quantitative estimate of drug-likeness (QED) is 0.478. The third-order valence-corrected chi connectivity index (χ3v) is 4.39. The summed E-state index contributed by atoms with van der Waals surface area (Å²) in [6.07, 6.45) is 0. The van der Waals surface area contributed by atoms with Crippen LogP contribution in [0.15, 0.2) is 41.4 Å². The van der Waals surface area contributed by atoms with Crippen molar-refractivity contribution in [2.75, 3.05) is 20.4 Å². The van der Waals surface area contributed by atoms with Gasteiger partial charge in [0.15, 0.2) is 17.5 Å². The molecule has 0 radical (unpaired) electrons. The van der Waals surface area contributed by atoms with Crippen molar-refractivity contribution in [2.45, 2.75) is 33.2 Å². The second-order valence-electron chi connectivity index (χ2n) is 6.44. The van der Waals surface area contributed by atoms with Gasteiger partial charge in [-0.25, -0.2) is 4.99 Å². The van der Waals surface area contributed by atoms with Gasteiger partial charge in [-0.05, 0) is 24.1 Å². The maximum atomic E-state index is 12.8. The Morgan fingerprint density at radius 1 is 1.10 bits per heavy atom. The minimum absolute atomic E-state index is 0.0132. The highest BCUT2D eigenvalue weighted by atomic mass is 19.3. The first-order valence-electron chi connectivity index (χ1n) is 9.56. The molecular formula is C21H25F2N3O4. The van der Waals surface area contributed by atoms with Gasteiger partial charge in [0.05, 0.1) is 13.2 Å². The third-order valence-electron chi connectivity index (χ3n) is 4.39. The average Bonchev–Trinajstić information content (AvgIpc) is 3.18. The van der Waals surface area contributed by atoms with Crippen LogP contribution < -0.4 is 24.8 Å². The number of guanidine groups is 1. The molecule has 7 nitrogen and oxygen atoms in total. The summed E-state index contributed by atoms with van der Waals surface area (Å²) in [5.41, 5.74) is 2.62. The van der Waals surface area contributed by atoms with E-state index < -0.39 is 6.61 Å². The van der Waals surface area contributed by atoms with E-state index in [-0.39, 0.29) is 19.1 Å². The van der Waals surface area contributed by atoms with Gasteiger partial charge in [0.1, 0.15) is 5.75 Å². The van der Waals surface area contributed by atoms with Gasteiger partial charge >= 0.3 is 6.61 Å². The zero-order valence-electron chi connectivity index (χ0n) is 16.9. The van der Waals surface area contributed by atoms with Crippen LogP contribution in [0.5, 0.6) is 17.2 Å². The maximum absolute atomic E-state index is 12.8. The fourth-order valence-corrected chi connectivity index (χ4v) is 3.01. The largest absolute Gasteiger partial charge is 0.454 e. The van der Waals surface area contributed by atoms with Crippen LogP contribution in [0.4, 0.5) is 8.78 Å². The summed E-state index contributed by atoms with van der Waals surface area (Å²) >= 11 is 0. The summed E-state index contributed by atoms with van der Waals surface area (Å²) in [6, 6.07) is 11.0. The second-order valence-corrected chi connectivity index (χ2v) is 6.44. The molecule has 9 heteroatoms. The number of alkyl halides is 2. The summed E-state index contributed by atoms with van der Waals surface area (Å²) < 4.78 is 46.1. The van der Waals surface area contributed by atoms with Gasteiger partial charge in [-0.1, -0.05) is 24.3 Å². The highest BCUT2D eigenvalue weighted by Crippen LogP contribution is 2.39. The van der Waals surface area contributed by atoms with E-state index in [1.54, 1.807) is 13.2 Å². The first kappa shape index (κ1) is 21.6. The van der Waals surface area contributed by atoms with E-state index in [0.717, 1.165) is 11.1 Å². The van der Waals surface area contributed by atoms with E-state index in [0.29, 0.717) is 42.7 Å². The van der Waals surface area contributed by atoms with Crippen LogP contribution in [0, 0.1) is 0 Å². The normalized spacial score (nSPS) is 12.9. The molecule has 0 atom stereocenters. The lowest BCUT2D eigenvalue weighted by molar-refractivity contribution is -0.0505. The zero-order valence-corrected chi connectivity index (χ0v) is 16.9. The molecule has 2 aromatic carbocycles. The number of ether oxygens (including phenoxy) is 4. The van der Waals surface area contributed by atoms with Gasteiger partial charge in [0.2, 0.25) is 6.79 Å². The Labute approximate surface area is 174 Å². The Morgan fingerprint density at radius 2 is 1.83 bits per heavy atom. The number of fused-ring (bicyclic) bond motifs is 1. The molecule has 162 valence electrons. The Balaban J connectivity index is 1.75. The number of hydrogen-bond acceptors (Lipinski definition) is 5. The van der Waals surface area contributed by atoms with Crippen LogP contribution in [0.2, 0.25) is 0 Å². The van der Waals surface area contributed by atoms with E-state index in [9.17, 15) is 8.78 Å². The molecule has 0 bridgehead atoms. The minimum Gasteiger partial charge on any atom is -0.454 e. The highest BCUT2D eigenvalue weighted by Gasteiger charge is 2.20. The molecule has 30 heavy (non-hydrogen) atoms. The van der Waals surface area contributed by atoms with Gasteiger partial charge in [-0.3, -0.25) is 0 Å². The van der Waals surface area contributed by atoms with E-state index in [1.807, 2.05) is 31.2 Å². The zero-order chi connectivity index (χ0) is 21.3. The van der Waals surface area contributed by atoms with Crippen LogP contribution in [0.1, 0.15) is 23.6 Å². The fraction of sp³-hybridized carbons (Fsp3) is 0.381. The van der Waals surface area contributed by atoms with E-state index in [4.69, 9.17) is 14.2 Å². The monoisotopic (exact) mass is 421 g/mol. The predicted molar refractivity (Wildman–Crippen MR) is 108 cm³/mol. The van der Waals surface area contributed by atoms with Crippen molar-refractivity contribution in [2.24, 2.45) is 4.99 Å². The van der Waals surface area contributed by atoms with Crippen molar-refractivity contribution in [3.63, 3.8) is 0 Å². The van der Waals surface area contributed by atoms with Crippen LogP contribution in [-0.2, 0) is 24.4 Å². The average molecular weight is 421 g/mol. The lowest BCUT2D eigenvalue weighted by Crippen LogP contribution is -2.37. The summed E-state index contributed by atoms with van der Waals surface area (Å²) in [7, 11) is 1.65. The van der Waals surface area contributed by atoms with Gasteiger partial charge in [0, 0.05) is 31.8 Å². The van der Waals surface area contributed by atoms with Crippen LogP contribution >= 0.6 is 0 Å². The molecule has 3 rings (SSSR count). The summed E-state index contributed by atoms with van der Waals surface area (Å²) in [5.74, 6) is 1.41. The van der Waals surface area contributed by atoms with E-state index >= 15 is 0 Å². The van der Waals surface area contributed by atoms with Crippen LogP contribution in [0.25, 0.3) is 0 Å². The third kappa shape index (κ3) is 5.73. The molecule has 2 N–H and O–H groups in total. The van der Waals surface area contributed by atoms with E-state index in [1.165, 1.54) is 6.07 Å². The molecule has 1 heterocycles. The topological polar surface area (TPSA) is 73.3 Å². The Hall–Kier alpha value is -3.07. The number of halogens is 2. The summed E-state index contributed by atoms with van der Waals surface area (Å²) in [6.45, 7) is 0.852. The van der Waals surface area contributed by atoms with Gasteiger partial charge in [-0.15, -0.1) is 0 Å². The van der Waals surface area contributed by atoms with Crippen molar-refractivity contribution in [1.82, 2.24) is 10.6 Å². The predicted octanol–water partition coefficient (Wildman–Crippen LogP) is 3.42. The Bertz CT molecular complexity index is 877. The molecule has 0 fully saturated rings. The maximum Gasteiger partial charge on any atom is 0.387 e. The molecular weight excluding hydrogens is 396 g/mol. The molecule has 2 aromatic rings. The number of nitrogens with one attached hydrogen (secondary N) is 2.